The van der Waals surface area contributed by atoms with Crippen LogP contribution in [0.25, 0.3) is 0 Å². The maximum atomic E-state index is 5.30. The van der Waals surface area contributed by atoms with E-state index in [1.54, 1.807) is 19.4 Å². The lowest BCUT2D eigenvalue weighted by molar-refractivity contribution is 0.0716. The van der Waals surface area contributed by atoms with E-state index in [0.717, 1.165) is 12.2 Å². The lowest BCUT2D eigenvalue weighted by atomic mass is 10.4. The summed E-state index contributed by atoms with van der Waals surface area (Å²) in [5.41, 5.74) is 0. The molecule has 0 bridgehead atoms. The minimum atomic E-state index is 0.615. The van der Waals surface area contributed by atoms with Crippen LogP contribution in [-0.2, 0) is 15.9 Å². The van der Waals surface area contributed by atoms with Crippen molar-refractivity contribution in [3.8, 4) is 0 Å². The van der Waals surface area contributed by atoms with E-state index in [-0.39, 0.29) is 0 Å². The van der Waals surface area contributed by atoms with E-state index in [9.17, 15) is 0 Å². The molecule has 0 unspecified atom stereocenters. The lowest BCUT2D eigenvalue weighted by Crippen LogP contribution is -2.06. The fourth-order valence-electron chi connectivity index (χ4n) is 0.951. The SMILES string of the molecule is COCCOCCc1nccc(=S)[nH]1. The van der Waals surface area contributed by atoms with Gasteiger partial charge < -0.3 is 14.5 Å². The van der Waals surface area contributed by atoms with Crippen LogP contribution in [0.15, 0.2) is 12.3 Å². The van der Waals surface area contributed by atoms with Gasteiger partial charge >= 0.3 is 0 Å². The molecule has 1 rings (SSSR count). The number of methoxy groups -OCH3 is 1. The van der Waals surface area contributed by atoms with Crippen LogP contribution in [0.2, 0.25) is 0 Å². The Hall–Kier alpha value is -0.780. The molecular formula is C9H14N2O2S. The van der Waals surface area contributed by atoms with E-state index >= 15 is 0 Å². The van der Waals surface area contributed by atoms with Crippen molar-refractivity contribution in [1.29, 1.82) is 0 Å². The van der Waals surface area contributed by atoms with Gasteiger partial charge in [0.15, 0.2) is 0 Å². The average Bonchev–Trinajstić information content (AvgIpc) is 2.18. The van der Waals surface area contributed by atoms with Crippen molar-refractivity contribution < 1.29 is 9.47 Å². The molecule has 78 valence electrons. The molecule has 0 radical (unpaired) electrons. The van der Waals surface area contributed by atoms with Crippen molar-refractivity contribution in [3.63, 3.8) is 0 Å². The smallest absolute Gasteiger partial charge is 0.109 e. The molecule has 1 aromatic rings. The summed E-state index contributed by atoms with van der Waals surface area (Å²) in [6, 6.07) is 1.75. The van der Waals surface area contributed by atoms with Crippen molar-refractivity contribution >= 4 is 12.2 Å². The molecule has 4 nitrogen and oxygen atoms in total. The molecule has 0 spiro atoms. The minimum Gasteiger partial charge on any atom is -0.382 e. The minimum absolute atomic E-state index is 0.615. The Labute approximate surface area is 88.3 Å². The van der Waals surface area contributed by atoms with E-state index in [4.69, 9.17) is 21.7 Å². The summed E-state index contributed by atoms with van der Waals surface area (Å²) in [6.07, 6.45) is 2.44. The molecule has 0 saturated carbocycles. The van der Waals surface area contributed by atoms with E-state index in [0.29, 0.717) is 24.5 Å². The highest BCUT2D eigenvalue weighted by Crippen LogP contribution is 1.92. The molecule has 0 aliphatic rings. The topological polar surface area (TPSA) is 47.1 Å². The van der Waals surface area contributed by atoms with Gasteiger partial charge in [0.25, 0.3) is 0 Å². The zero-order valence-corrected chi connectivity index (χ0v) is 8.97. The normalized spacial score (nSPS) is 10.4. The number of nitrogens with zero attached hydrogens (tertiary/aromatic N) is 1. The van der Waals surface area contributed by atoms with E-state index in [1.807, 2.05) is 0 Å². The fourth-order valence-corrected chi connectivity index (χ4v) is 1.13. The van der Waals surface area contributed by atoms with Crippen LogP contribution in [0.1, 0.15) is 5.82 Å². The predicted octanol–water partition coefficient (Wildman–Crippen LogP) is 1.34. The molecular weight excluding hydrogens is 200 g/mol. The first-order chi connectivity index (χ1) is 6.83. The summed E-state index contributed by atoms with van der Waals surface area (Å²) in [4.78, 5) is 7.11. The fraction of sp³-hybridized carbons (Fsp3) is 0.556. The summed E-state index contributed by atoms with van der Waals surface area (Å²) >= 11 is 4.96. The van der Waals surface area contributed by atoms with Gasteiger partial charge in [0.05, 0.1) is 19.8 Å². The second kappa shape index (κ2) is 6.64. The summed E-state index contributed by atoms with van der Waals surface area (Å²) < 4.78 is 10.8. The molecule has 0 amide bonds. The highest BCUT2D eigenvalue weighted by Gasteiger charge is 1.94. The molecule has 0 aliphatic carbocycles. The van der Waals surface area contributed by atoms with Crippen LogP contribution in [0.3, 0.4) is 0 Å². The van der Waals surface area contributed by atoms with Gasteiger partial charge in [-0.2, -0.15) is 0 Å². The maximum Gasteiger partial charge on any atom is 0.109 e. The van der Waals surface area contributed by atoms with Crippen LogP contribution in [0.4, 0.5) is 0 Å². The molecule has 0 fully saturated rings. The Morgan fingerprint density at radius 2 is 2.29 bits per heavy atom. The Balaban J connectivity index is 2.21. The second-order valence-corrected chi connectivity index (χ2v) is 3.18. The van der Waals surface area contributed by atoms with Gasteiger partial charge in [-0.15, -0.1) is 0 Å². The average molecular weight is 214 g/mol. The van der Waals surface area contributed by atoms with Crippen LogP contribution in [-0.4, -0.2) is 36.9 Å². The predicted molar refractivity (Wildman–Crippen MR) is 55.8 cm³/mol. The molecule has 0 atom stereocenters. The van der Waals surface area contributed by atoms with Crippen molar-refractivity contribution in [3.05, 3.63) is 22.7 Å². The maximum absolute atomic E-state index is 5.30. The lowest BCUT2D eigenvalue weighted by Gasteiger charge is -2.02. The molecule has 0 aliphatic heterocycles. The Morgan fingerprint density at radius 1 is 1.43 bits per heavy atom. The van der Waals surface area contributed by atoms with Crippen molar-refractivity contribution in [2.24, 2.45) is 0 Å². The molecule has 1 aromatic heterocycles. The summed E-state index contributed by atoms with van der Waals surface area (Å²) in [6.45, 7) is 1.87. The number of rotatable bonds is 6. The molecule has 1 heterocycles. The van der Waals surface area contributed by atoms with Crippen LogP contribution in [0, 0.1) is 4.64 Å². The number of nitrogens with one attached hydrogen (secondary N) is 1. The molecule has 5 heteroatoms. The van der Waals surface area contributed by atoms with Crippen LogP contribution >= 0.6 is 12.2 Å². The first kappa shape index (κ1) is 11.3. The number of hydrogen-bond donors (Lipinski definition) is 1. The third kappa shape index (κ3) is 4.45. The highest BCUT2D eigenvalue weighted by molar-refractivity contribution is 7.71. The second-order valence-electron chi connectivity index (χ2n) is 2.74. The van der Waals surface area contributed by atoms with Gasteiger partial charge in [0.2, 0.25) is 0 Å². The molecule has 0 saturated heterocycles. The summed E-state index contributed by atoms with van der Waals surface area (Å²) in [7, 11) is 1.65. The standard InChI is InChI=1S/C9H14N2O2S/c1-12-6-7-13-5-3-8-10-4-2-9(14)11-8/h2,4H,3,5-7H2,1H3,(H,10,11,14). The first-order valence-electron chi connectivity index (χ1n) is 4.44. The van der Waals surface area contributed by atoms with E-state index in [2.05, 4.69) is 9.97 Å². The van der Waals surface area contributed by atoms with Gasteiger partial charge in [0.1, 0.15) is 10.5 Å². The van der Waals surface area contributed by atoms with E-state index < -0.39 is 0 Å². The number of aromatic nitrogens is 2. The Bertz CT molecular complexity index is 314. The largest absolute Gasteiger partial charge is 0.382 e. The van der Waals surface area contributed by atoms with Gasteiger partial charge in [-0.3, -0.25) is 0 Å². The van der Waals surface area contributed by atoms with Gasteiger partial charge in [0, 0.05) is 19.7 Å². The Kier molecular flexibility index (Phi) is 5.36. The third-order valence-electron chi connectivity index (χ3n) is 1.64. The number of ether oxygens (including phenoxy) is 2. The quantitative estimate of drug-likeness (QED) is 0.573. The van der Waals surface area contributed by atoms with Crippen LogP contribution < -0.4 is 0 Å². The first-order valence-corrected chi connectivity index (χ1v) is 4.84. The zero-order chi connectivity index (χ0) is 10.2. The summed E-state index contributed by atoms with van der Waals surface area (Å²) in [5.74, 6) is 0.856. The molecule has 14 heavy (non-hydrogen) atoms. The molecule has 1 N–H and O–H groups in total. The number of aromatic amines is 1. The van der Waals surface area contributed by atoms with Crippen LogP contribution in [0.5, 0.6) is 0 Å². The number of H-pyrrole nitrogens is 1. The van der Waals surface area contributed by atoms with E-state index in [1.165, 1.54) is 0 Å². The van der Waals surface area contributed by atoms with Gasteiger partial charge in [-0.1, -0.05) is 12.2 Å². The van der Waals surface area contributed by atoms with Crippen molar-refractivity contribution in [2.75, 3.05) is 26.9 Å². The number of hydrogen-bond acceptors (Lipinski definition) is 4. The summed E-state index contributed by atoms with van der Waals surface area (Å²) in [5, 5.41) is 0. The zero-order valence-electron chi connectivity index (χ0n) is 8.16. The highest BCUT2D eigenvalue weighted by atomic mass is 32.1. The monoisotopic (exact) mass is 214 g/mol. The van der Waals surface area contributed by atoms with Gasteiger partial charge in [-0.25, -0.2) is 4.98 Å². The molecule has 0 aromatic carbocycles. The van der Waals surface area contributed by atoms with Crippen molar-refractivity contribution in [2.45, 2.75) is 6.42 Å². The van der Waals surface area contributed by atoms with Crippen molar-refractivity contribution in [1.82, 2.24) is 9.97 Å². The van der Waals surface area contributed by atoms with Gasteiger partial charge in [-0.05, 0) is 6.07 Å². The third-order valence-corrected chi connectivity index (χ3v) is 1.88. The Morgan fingerprint density at radius 3 is 3.00 bits per heavy atom.